The molecule has 29 heavy (non-hydrogen) atoms. The van der Waals surface area contributed by atoms with Gasteiger partial charge in [0, 0.05) is 31.1 Å². The second-order valence-corrected chi connectivity index (χ2v) is 8.67. The third-order valence-electron chi connectivity index (χ3n) is 5.46. The summed E-state index contributed by atoms with van der Waals surface area (Å²) in [5.41, 5.74) is 1.13. The lowest BCUT2D eigenvalue weighted by atomic mass is 10.0. The highest BCUT2D eigenvalue weighted by atomic mass is 32.1. The fraction of sp³-hybridized carbons (Fsp3) is 0.524. The first kappa shape index (κ1) is 20.3. The van der Waals surface area contributed by atoms with Gasteiger partial charge in [-0.25, -0.2) is 9.37 Å². The Hall–Kier alpha value is -2.03. The van der Waals surface area contributed by atoms with Crippen LogP contribution >= 0.6 is 11.3 Å². The SMILES string of the molecule is Cc1nc(CN2CCC(N3C[C@H](COc4ccc(F)cc4)OCC3=O)CC2)cs1. The molecule has 0 spiro atoms. The molecule has 0 bridgehead atoms. The van der Waals surface area contributed by atoms with Crippen LogP contribution in [0.2, 0.25) is 0 Å². The Morgan fingerprint density at radius 2 is 2.03 bits per heavy atom. The number of benzene rings is 1. The number of piperidine rings is 1. The quantitative estimate of drug-likeness (QED) is 0.721. The molecule has 1 aromatic carbocycles. The van der Waals surface area contributed by atoms with Gasteiger partial charge in [-0.1, -0.05) is 0 Å². The van der Waals surface area contributed by atoms with Crippen molar-refractivity contribution in [1.82, 2.24) is 14.8 Å². The Morgan fingerprint density at radius 3 is 2.72 bits per heavy atom. The number of aromatic nitrogens is 1. The van der Waals surface area contributed by atoms with E-state index in [0.29, 0.717) is 18.9 Å². The van der Waals surface area contributed by atoms with Gasteiger partial charge in [0.25, 0.3) is 0 Å². The fourth-order valence-corrected chi connectivity index (χ4v) is 4.52. The highest BCUT2D eigenvalue weighted by Gasteiger charge is 2.33. The van der Waals surface area contributed by atoms with E-state index in [1.54, 1.807) is 23.5 Å². The summed E-state index contributed by atoms with van der Waals surface area (Å²) in [4.78, 5) is 21.3. The lowest BCUT2D eigenvalue weighted by Gasteiger charge is -2.42. The second-order valence-electron chi connectivity index (χ2n) is 7.61. The summed E-state index contributed by atoms with van der Waals surface area (Å²) in [5.74, 6) is 0.361. The van der Waals surface area contributed by atoms with Crippen LogP contribution in [-0.4, -0.2) is 65.7 Å². The van der Waals surface area contributed by atoms with Crippen molar-refractivity contribution in [3.05, 3.63) is 46.2 Å². The first-order valence-corrected chi connectivity index (χ1v) is 10.9. The van der Waals surface area contributed by atoms with Crippen molar-refractivity contribution in [2.45, 2.75) is 38.5 Å². The summed E-state index contributed by atoms with van der Waals surface area (Å²) in [6, 6.07) is 6.18. The minimum Gasteiger partial charge on any atom is -0.491 e. The number of amides is 1. The smallest absolute Gasteiger partial charge is 0.248 e. The van der Waals surface area contributed by atoms with E-state index in [0.717, 1.165) is 43.2 Å². The number of nitrogens with zero attached hydrogens (tertiary/aromatic N) is 3. The second kappa shape index (κ2) is 9.19. The molecule has 6 nitrogen and oxygen atoms in total. The molecule has 2 aromatic rings. The van der Waals surface area contributed by atoms with Gasteiger partial charge in [0.2, 0.25) is 5.91 Å². The van der Waals surface area contributed by atoms with Gasteiger partial charge >= 0.3 is 0 Å². The van der Waals surface area contributed by atoms with Crippen molar-refractivity contribution >= 4 is 17.2 Å². The maximum absolute atomic E-state index is 13.0. The average molecular weight is 420 g/mol. The van der Waals surface area contributed by atoms with E-state index >= 15 is 0 Å². The zero-order valence-corrected chi connectivity index (χ0v) is 17.4. The van der Waals surface area contributed by atoms with E-state index in [1.165, 1.54) is 12.1 Å². The van der Waals surface area contributed by atoms with Crippen molar-refractivity contribution in [3.63, 3.8) is 0 Å². The highest BCUT2D eigenvalue weighted by molar-refractivity contribution is 7.09. The minimum absolute atomic E-state index is 0.0524. The minimum atomic E-state index is -0.292. The van der Waals surface area contributed by atoms with E-state index in [2.05, 4.69) is 15.3 Å². The van der Waals surface area contributed by atoms with Crippen LogP contribution in [0.1, 0.15) is 23.5 Å². The highest BCUT2D eigenvalue weighted by Crippen LogP contribution is 2.22. The number of aryl methyl sites for hydroxylation is 1. The number of rotatable bonds is 6. The number of hydrogen-bond acceptors (Lipinski definition) is 6. The molecule has 0 saturated carbocycles. The van der Waals surface area contributed by atoms with Crippen molar-refractivity contribution < 1.29 is 18.7 Å². The largest absolute Gasteiger partial charge is 0.491 e. The van der Waals surface area contributed by atoms with Gasteiger partial charge in [-0.05, 0) is 44.0 Å². The molecule has 2 fully saturated rings. The molecular weight excluding hydrogens is 393 g/mol. The number of likely N-dealkylation sites (tertiary alicyclic amines) is 1. The molecule has 2 saturated heterocycles. The third-order valence-corrected chi connectivity index (χ3v) is 6.29. The monoisotopic (exact) mass is 419 g/mol. The Balaban J connectivity index is 1.26. The Morgan fingerprint density at radius 1 is 1.28 bits per heavy atom. The van der Waals surface area contributed by atoms with E-state index in [1.807, 2.05) is 11.8 Å². The van der Waals surface area contributed by atoms with E-state index in [4.69, 9.17) is 9.47 Å². The van der Waals surface area contributed by atoms with Gasteiger partial charge in [0.05, 0.1) is 17.2 Å². The molecular formula is C21H26FN3O3S. The molecule has 4 rings (SSSR count). The molecule has 3 heterocycles. The fourth-order valence-electron chi connectivity index (χ4n) is 3.92. The van der Waals surface area contributed by atoms with Crippen molar-refractivity contribution in [1.29, 1.82) is 0 Å². The number of hydrogen-bond donors (Lipinski definition) is 0. The van der Waals surface area contributed by atoms with Crippen LogP contribution < -0.4 is 4.74 Å². The maximum Gasteiger partial charge on any atom is 0.248 e. The normalized spacial score (nSPS) is 21.5. The molecule has 0 aliphatic carbocycles. The lowest BCUT2D eigenvalue weighted by Crippen LogP contribution is -2.55. The van der Waals surface area contributed by atoms with E-state index in [9.17, 15) is 9.18 Å². The summed E-state index contributed by atoms with van der Waals surface area (Å²) in [5, 5.41) is 3.22. The standard InChI is InChI=1S/C21H26FN3O3S/c1-15-23-17(14-29-15)10-24-8-6-18(7-9-24)25-11-20(28-13-21(25)26)12-27-19-4-2-16(22)3-5-19/h2-5,14,18,20H,6-13H2,1H3/t20-/m1/s1. The van der Waals surface area contributed by atoms with Crippen LogP contribution in [0.4, 0.5) is 4.39 Å². The van der Waals surface area contributed by atoms with Crippen LogP contribution in [0.5, 0.6) is 5.75 Å². The lowest BCUT2D eigenvalue weighted by molar-refractivity contribution is -0.155. The van der Waals surface area contributed by atoms with Crippen LogP contribution in [0.25, 0.3) is 0 Å². The first-order chi connectivity index (χ1) is 14.1. The molecule has 2 aliphatic heterocycles. The van der Waals surface area contributed by atoms with Gasteiger partial charge in [-0.2, -0.15) is 0 Å². The van der Waals surface area contributed by atoms with Crippen molar-refractivity contribution in [2.75, 3.05) is 32.8 Å². The maximum atomic E-state index is 13.0. The summed E-state index contributed by atoms with van der Waals surface area (Å²) >= 11 is 1.69. The summed E-state index contributed by atoms with van der Waals surface area (Å²) < 4.78 is 24.4. The predicted octanol–water partition coefficient (Wildman–Crippen LogP) is 2.86. The number of thiazole rings is 1. The number of carbonyl (C=O) groups excluding carboxylic acids is 1. The number of morpholine rings is 1. The summed E-state index contributed by atoms with van der Waals surface area (Å²) in [6.45, 7) is 5.80. The molecule has 0 radical (unpaired) electrons. The molecule has 1 amide bonds. The first-order valence-electron chi connectivity index (χ1n) is 9.99. The number of carbonyl (C=O) groups is 1. The van der Waals surface area contributed by atoms with Gasteiger partial charge in [0.15, 0.2) is 0 Å². The van der Waals surface area contributed by atoms with Gasteiger partial charge < -0.3 is 14.4 Å². The van der Waals surface area contributed by atoms with Crippen molar-refractivity contribution in [3.8, 4) is 5.75 Å². The summed E-state index contributed by atoms with van der Waals surface area (Å²) in [6.07, 6.45) is 1.75. The van der Waals surface area contributed by atoms with Gasteiger partial charge in [-0.3, -0.25) is 9.69 Å². The predicted molar refractivity (Wildman–Crippen MR) is 108 cm³/mol. The molecule has 156 valence electrons. The molecule has 1 atom stereocenters. The molecule has 0 unspecified atom stereocenters. The van der Waals surface area contributed by atoms with Gasteiger partial charge in [-0.15, -0.1) is 11.3 Å². The van der Waals surface area contributed by atoms with Crippen LogP contribution in [0.15, 0.2) is 29.6 Å². The number of ether oxygens (including phenoxy) is 2. The third kappa shape index (κ3) is 5.32. The van der Waals surface area contributed by atoms with E-state index in [-0.39, 0.29) is 30.5 Å². The zero-order valence-electron chi connectivity index (χ0n) is 16.6. The Kier molecular flexibility index (Phi) is 6.42. The number of halogens is 1. The Labute approximate surface area is 174 Å². The van der Waals surface area contributed by atoms with Crippen LogP contribution in [0, 0.1) is 12.7 Å². The molecule has 0 N–H and O–H groups in total. The van der Waals surface area contributed by atoms with Crippen LogP contribution in [0.3, 0.4) is 0 Å². The van der Waals surface area contributed by atoms with Crippen molar-refractivity contribution in [2.24, 2.45) is 0 Å². The van der Waals surface area contributed by atoms with Gasteiger partial charge in [0.1, 0.15) is 30.9 Å². The Bertz CT molecular complexity index is 821. The molecule has 2 aliphatic rings. The molecule has 8 heteroatoms. The van der Waals surface area contributed by atoms with Crippen LogP contribution in [-0.2, 0) is 16.1 Å². The topological polar surface area (TPSA) is 54.9 Å². The average Bonchev–Trinajstić information content (AvgIpc) is 3.14. The van der Waals surface area contributed by atoms with E-state index < -0.39 is 0 Å². The summed E-state index contributed by atoms with van der Waals surface area (Å²) in [7, 11) is 0. The molecule has 1 aromatic heterocycles. The zero-order chi connectivity index (χ0) is 20.2.